The van der Waals surface area contributed by atoms with Crippen molar-refractivity contribution in [3.63, 3.8) is 0 Å². The van der Waals surface area contributed by atoms with Gasteiger partial charge in [-0.2, -0.15) is 0 Å². The maximum Gasteiger partial charge on any atom is 0.0725 e. The molecule has 6 rings (SSSR count). The molecule has 3 aromatic carbocycles. The maximum atomic E-state index is 2.37. The van der Waals surface area contributed by atoms with Gasteiger partial charge in [0.2, 0.25) is 0 Å². The third kappa shape index (κ3) is 2.60. The summed E-state index contributed by atoms with van der Waals surface area (Å²) >= 11 is 0. The van der Waals surface area contributed by atoms with Gasteiger partial charge in [-0.3, -0.25) is 0 Å². The predicted octanol–water partition coefficient (Wildman–Crippen LogP) is 8.34. The molecule has 0 atom stereocenters. The van der Waals surface area contributed by atoms with Gasteiger partial charge in [0, 0.05) is 0 Å². The number of hydrogen-bond donors (Lipinski definition) is 0. The number of rotatable bonds is 0. The lowest BCUT2D eigenvalue weighted by atomic mass is 9.69. The highest BCUT2D eigenvalue weighted by atomic mass is 14.5. The molecule has 0 aliphatic heterocycles. The molecule has 3 aromatic rings. The fourth-order valence-electron chi connectivity index (χ4n) is 5.20. The van der Waals surface area contributed by atoms with Crippen LogP contribution in [0.5, 0.6) is 0 Å². The van der Waals surface area contributed by atoms with Crippen LogP contribution in [0.3, 0.4) is 0 Å². The summed E-state index contributed by atoms with van der Waals surface area (Å²) in [6, 6.07) is 26.9. The fraction of sp³-hybridized carbons (Fsp3) is 0.200. The lowest BCUT2D eigenvalue weighted by Gasteiger charge is -2.31. The molecular formula is C30H30. The van der Waals surface area contributed by atoms with Gasteiger partial charge in [-0.15, -0.1) is 0 Å². The zero-order valence-electron chi connectivity index (χ0n) is 18.4. The third-order valence-corrected chi connectivity index (χ3v) is 6.11. The van der Waals surface area contributed by atoms with E-state index in [1.54, 1.807) is 0 Å². The van der Waals surface area contributed by atoms with Crippen LogP contribution in [-0.4, -0.2) is 0 Å². The normalized spacial score (nSPS) is 15.7. The molecule has 0 fully saturated rings. The van der Waals surface area contributed by atoms with Crippen LogP contribution in [0.25, 0.3) is 16.7 Å². The summed E-state index contributed by atoms with van der Waals surface area (Å²) in [6.07, 6.45) is 10.3. The van der Waals surface area contributed by atoms with E-state index in [1.165, 1.54) is 44.5 Å². The third-order valence-electron chi connectivity index (χ3n) is 6.11. The Balaban J connectivity index is 0.000000516. The monoisotopic (exact) mass is 390 g/mol. The van der Waals surface area contributed by atoms with Crippen molar-refractivity contribution in [1.29, 1.82) is 0 Å². The first-order chi connectivity index (χ1) is 14.9. The molecule has 0 heteroatoms. The van der Waals surface area contributed by atoms with Crippen molar-refractivity contribution >= 4 is 5.57 Å². The Morgan fingerprint density at radius 3 is 1.53 bits per heavy atom. The molecule has 3 aliphatic carbocycles. The highest BCUT2D eigenvalue weighted by molar-refractivity contribution is 5.97. The molecule has 0 bridgehead atoms. The average molecular weight is 391 g/mol. The van der Waals surface area contributed by atoms with Crippen molar-refractivity contribution in [3.8, 4) is 11.1 Å². The summed E-state index contributed by atoms with van der Waals surface area (Å²) in [6.45, 7) is 8.00. The molecule has 0 amide bonds. The van der Waals surface area contributed by atoms with Crippen molar-refractivity contribution in [2.75, 3.05) is 0 Å². The van der Waals surface area contributed by atoms with Crippen LogP contribution in [0, 0.1) is 0 Å². The lowest BCUT2D eigenvalue weighted by molar-refractivity contribution is 0.786. The molecular weight excluding hydrogens is 360 g/mol. The van der Waals surface area contributed by atoms with E-state index in [9.17, 15) is 0 Å². The van der Waals surface area contributed by atoms with Gasteiger partial charge in [0.1, 0.15) is 0 Å². The minimum absolute atomic E-state index is 0.190. The van der Waals surface area contributed by atoms with E-state index in [2.05, 4.69) is 97.1 Å². The van der Waals surface area contributed by atoms with Crippen molar-refractivity contribution in [2.24, 2.45) is 0 Å². The zero-order chi connectivity index (χ0) is 21.1. The predicted molar refractivity (Wildman–Crippen MR) is 131 cm³/mol. The van der Waals surface area contributed by atoms with Crippen LogP contribution in [0.4, 0.5) is 0 Å². The number of benzene rings is 3. The topological polar surface area (TPSA) is 0 Å². The Morgan fingerprint density at radius 2 is 0.967 bits per heavy atom. The van der Waals surface area contributed by atoms with E-state index >= 15 is 0 Å². The molecule has 0 radical (unpaired) electrons. The van der Waals surface area contributed by atoms with Crippen LogP contribution in [-0.2, 0) is 5.41 Å². The highest BCUT2D eigenvalue weighted by Crippen LogP contribution is 2.62. The molecule has 0 nitrogen and oxygen atoms in total. The molecule has 0 unspecified atom stereocenters. The van der Waals surface area contributed by atoms with E-state index in [0.717, 1.165) is 6.42 Å². The Morgan fingerprint density at radius 1 is 0.533 bits per heavy atom. The quantitative estimate of drug-likeness (QED) is 0.362. The SMILES string of the molecule is C1=CC2=C(C=CC1)C1(c3ccccc32)c2ccccc2-c2ccccc21.CC.CC. The van der Waals surface area contributed by atoms with Gasteiger partial charge in [0.05, 0.1) is 5.41 Å². The Hall–Kier alpha value is -3.12. The minimum Gasteiger partial charge on any atom is -0.0804 e. The second kappa shape index (κ2) is 8.32. The van der Waals surface area contributed by atoms with Gasteiger partial charge in [-0.05, 0) is 50.9 Å². The van der Waals surface area contributed by atoms with Crippen LogP contribution in [0.1, 0.15) is 56.4 Å². The summed E-state index contributed by atoms with van der Waals surface area (Å²) in [4.78, 5) is 0. The standard InChI is InChI=1S/C26H18.2C2H6/c1-2-10-18-19-11-4-7-15-23(19)26(22(18)14-3-1)24-16-8-5-12-20(24)21-13-6-9-17-25(21)26;2*1-2/h2-17H,1H2;2*1-2H3. The van der Waals surface area contributed by atoms with E-state index in [0.29, 0.717) is 0 Å². The van der Waals surface area contributed by atoms with E-state index < -0.39 is 0 Å². The summed E-state index contributed by atoms with van der Waals surface area (Å²) < 4.78 is 0. The molecule has 0 saturated heterocycles. The summed E-state index contributed by atoms with van der Waals surface area (Å²) in [5.74, 6) is 0. The summed E-state index contributed by atoms with van der Waals surface area (Å²) in [5.41, 5.74) is 11.0. The van der Waals surface area contributed by atoms with E-state index in [-0.39, 0.29) is 5.41 Å². The summed E-state index contributed by atoms with van der Waals surface area (Å²) in [5, 5.41) is 0. The number of hydrogen-bond acceptors (Lipinski definition) is 0. The molecule has 0 aromatic heterocycles. The van der Waals surface area contributed by atoms with Crippen molar-refractivity contribution < 1.29 is 0 Å². The van der Waals surface area contributed by atoms with Crippen molar-refractivity contribution in [2.45, 2.75) is 39.5 Å². The van der Waals surface area contributed by atoms with Crippen molar-refractivity contribution in [3.05, 3.63) is 125 Å². The first kappa shape index (κ1) is 20.2. The first-order valence-electron chi connectivity index (χ1n) is 11.3. The fourth-order valence-corrected chi connectivity index (χ4v) is 5.20. The van der Waals surface area contributed by atoms with Crippen LogP contribution in [0.15, 0.2) is 103 Å². The number of allylic oxidation sites excluding steroid dienone is 6. The Kier molecular flexibility index (Phi) is 5.59. The summed E-state index contributed by atoms with van der Waals surface area (Å²) in [7, 11) is 0. The smallest absolute Gasteiger partial charge is 0.0725 e. The molecule has 150 valence electrons. The van der Waals surface area contributed by atoms with Gasteiger partial charge < -0.3 is 0 Å². The maximum absolute atomic E-state index is 2.37. The van der Waals surface area contributed by atoms with Gasteiger partial charge >= 0.3 is 0 Å². The molecule has 0 N–H and O–H groups in total. The zero-order valence-corrected chi connectivity index (χ0v) is 18.4. The molecule has 3 aliphatic rings. The van der Waals surface area contributed by atoms with Gasteiger partial charge in [-0.1, -0.05) is 125 Å². The largest absolute Gasteiger partial charge is 0.0804 e. The molecule has 0 saturated carbocycles. The molecule has 30 heavy (non-hydrogen) atoms. The van der Waals surface area contributed by atoms with Crippen LogP contribution < -0.4 is 0 Å². The lowest BCUT2D eigenvalue weighted by Crippen LogP contribution is -2.26. The Labute approximate surface area is 181 Å². The van der Waals surface area contributed by atoms with E-state index in [4.69, 9.17) is 0 Å². The average Bonchev–Trinajstić information content (AvgIpc) is 3.14. The molecule has 0 heterocycles. The van der Waals surface area contributed by atoms with Gasteiger partial charge in [-0.25, -0.2) is 0 Å². The van der Waals surface area contributed by atoms with Gasteiger partial charge in [0.25, 0.3) is 0 Å². The second-order valence-corrected chi connectivity index (χ2v) is 7.25. The Bertz CT molecular complexity index is 1110. The van der Waals surface area contributed by atoms with Gasteiger partial charge in [0.15, 0.2) is 0 Å². The first-order valence-corrected chi connectivity index (χ1v) is 11.3. The van der Waals surface area contributed by atoms with Crippen LogP contribution >= 0.6 is 0 Å². The number of fused-ring (bicyclic) bond motifs is 9. The molecule has 1 spiro atoms. The highest BCUT2D eigenvalue weighted by Gasteiger charge is 2.51. The van der Waals surface area contributed by atoms with Crippen molar-refractivity contribution in [1.82, 2.24) is 0 Å². The van der Waals surface area contributed by atoms with E-state index in [1.807, 2.05) is 27.7 Å². The second-order valence-electron chi connectivity index (χ2n) is 7.25. The minimum atomic E-state index is -0.190. The van der Waals surface area contributed by atoms with Crippen LogP contribution in [0.2, 0.25) is 0 Å².